The minimum atomic E-state index is -2.60. The van der Waals surface area contributed by atoms with E-state index in [4.69, 9.17) is 4.74 Å². The Balaban J connectivity index is 1.61. The van der Waals surface area contributed by atoms with E-state index in [1.807, 2.05) is 4.90 Å². The molecule has 1 atom stereocenters. The van der Waals surface area contributed by atoms with Gasteiger partial charge in [-0.3, -0.25) is 9.69 Å². The summed E-state index contributed by atoms with van der Waals surface area (Å²) in [6.07, 6.45) is 1.60. The summed E-state index contributed by atoms with van der Waals surface area (Å²) in [5, 5.41) is 10.8. The van der Waals surface area contributed by atoms with Crippen LogP contribution in [0.1, 0.15) is 29.6 Å². The van der Waals surface area contributed by atoms with Gasteiger partial charge in [-0.1, -0.05) is 0 Å². The van der Waals surface area contributed by atoms with Crippen LogP contribution in [0.4, 0.5) is 8.78 Å². The average molecular weight is 355 g/mol. The number of ether oxygens (including phenoxy) is 1. The van der Waals surface area contributed by atoms with Crippen molar-refractivity contribution >= 4 is 5.91 Å². The lowest BCUT2D eigenvalue weighted by atomic mass is 10.00. The molecular weight excluding hydrogens is 332 g/mol. The second kappa shape index (κ2) is 6.84. The predicted octanol–water partition coefficient (Wildman–Crippen LogP) is 1.40. The number of nitrogens with zero attached hydrogens (tertiary/aromatic N) is 3. The van der Waals surface area contributed by atoms with Crippen LogP contribution in [-0.2, 0) is 0 Å². The average Bonchev–Trinajstić information content (AvgIpc) is 2.98. The zero-order valence-corrected chi connectivity index (χ0v) is 14.3. The molecule has 3 rings (SSSR count). The standard InChI is InChI=1S/C17H23F2N3O3/c1-25-14-13(3-2-7-20-14)15(23)22-10-4-16(24,12-22)11-21-8-5-17(18,19)6-9-21/h2-3,7,24H,4-6,8-12H2,1H3/t16-/m1/s1. The summed E-state index contributed by atoms with van der Waals surface area (Å²) in [4.78, 5) is 20.1. The summed E-state index contributed by atoms with van der Waals surface area (Å²) in [5.74, 6) is -2.60. The Kier molecular flexibility index (Phi) is 4.92. The first-order chi connectivity index (χ1) is 11.8. The van der Waals surface area contributed by atoms with Crippen molar-refractivity contribution in [3.63, 3.8) is 0 Å². The minimum absolute atomic E-state index is 0.177. The fourth-order valence-electron chi connectivity index (χ4n) is 3.50. The maximum Gasteiger partial charge on any atom is 0.259 e. The molecule has 3 heterocycles. The molecule has 0 bridgehead atoms. The topological polar surface area (TPSA) is 65.9 Å². The number of alkyl halides is 2. The molecular formula is C17H23F2N3O3. The quantitative estimate of drug-likeness (QED) is 0.884. The van der Waals surface area contributed by atoms with Gasteiger partial charge in [-0.2, -0.15) is 0 Å². The number of methoxy groups -OCH3 is 1. The van der Waals surface area contributed by atoms with Crippen molar-refractivity contribution in [1.29, 1.82) is 0 Å². The molecule has 0 spiro atoms. The molecule has 0 aliphatic carbocycles. The number of hydrogen-bond acceptors (Lipinski definition) is 5. The number of carbonyl (C=O) groups is 1. The number of piperidine rings is 1. The molecule has 1 amide bonds. The highest BCUT2D eigenvalue weighted by atomic mass is 19.3. The number of β-amino-alcohol motifs (C(OH)–C–C–N with tert-alkyl or cyclic N) is 1. The Morgan fingerprint density at radius 2 is 2.04 bits per heavy atom. The van der Waals surface area contributed by atoms with E-state index < -0.39 is 11.5 Å². The molecule has 2 saturated heterocycles. The van der Waals surface area contributed by atoms with Gasteiger partial charge in [-0.05, 0) is 18.6 Å². The van der Waals surface area contributed by atoms with Gasteiger partial charge in [-0.25, -0.2) is 13.8 Å². The summed E-state index contributed by atoms with van der Waals surface area (Å²) in [5.41, 5.74) is -0.718. The van der Waals surface area contributed by atoms with Crippen molar-refractivity contribution in [3.05, 3.63) is 23.9 Å². The zero-order valence-electron chi connectivity index (χ0n) is 14.3. The summed E-state index contributed by atoms with van der Waals surface area (Å²) >= 11 is 0. The molecule has 6 nitrogen and oxygen atoms in total. The van der Waals surface area contributed by atoms with Crippen molar-refractivity contribution in [3.8, 4) is 5.88 Å². The fourth-order valence-corrected chi connectivity index (χ4v) is 3.50. The van der Waals surface area contributed by atoms with Crippen LogP contribution >= 0.6 is 0 Å². The summed E-state index contributed by atoms with van der Waals surface area (Å²) in [7, 11) is 1.45. The number of aromatic nitrogens is 1. The number of pyridine rings is 1. The molecule has 1 aromatic rings. The Hall–Kier alpha value is -1.80. The van der Waals surface area contributed by atoms with E-state index in [9.17, 15) is 18.7 Å². The van der Waals surface area contributed by atoms with E-state index in [1.165, 1.54) is 7.11 Å². The number of likely N-dealkylation sites (tertiary alicyclic amines) is 2. The zero-order chi connectivity index (χ0) is 18.1. The molecule has 0 radical (unpaired) electrons. The maximum absolute atomic E-state index is 13.3. The molecule has 0 aromatic carbocycles. The fraction of sp³-hybridized carbons (Fsp3) is 0.647. The van der Waals surface area contributed by atoms with Crippen LogP contribution in [0, 0.1) is 0 Å². The monoisotopic (exact) mass is 355 g/mol. The first-order valence-corrected chi connectivity index (χ1v) is 8.43. The SMILES string of the molecule is COc1ncccc1C(=O)N1CC[C@@](O)(CN2CCC(F)(F)CC2)C1. The molecule has 138 valence electrons. The molecule has 0 saturated carbocycles. The Morgan fingerprint density at radius 3 is 2.72 bits per heavy atom. The van der Waals surface area contributed by atoms with Crippen LogP contribution < -0.4 is 4.74 Å². The highest BCUT2D eigenvalue weighted by Crippen LogP contribution is 2.31. The summed E-state index contributed by atoms with van der Waals surface area (Å²) < 4.78 is 31.6. The van der Waals surface area contributed by atoms with E-state index in [2.05, 4.69) is 4.98 Å². The van der Waals surface area contributed by atoms with E-state index in [-0.39, 0.29) is 44.3 Å². The molecule has 2 fully saturated rings. The summed E-state index contributed by atoms with van der Waals surface area (Å²) in [6, 6.07) is 3.30. The van der Waals surface area contributed by atoms with Crippen LogP contribution in [0.3, 0.4) is 0 Å². The number of carbonyl (C=O) groups excluding carboxylic acids is 1. The van der Waals surface area contributed by atoms with E-state index in [0.29, 0.717) is 25.1 Å². The molecule has 2 aliphatic rings. The van der Waals surface area contributed by atoms with Crippen LogP contribution in [0.25, 0.3) is 0 Å². The van der Waals surface area contributed by atoms with E-state index >= 15 is 0 Å². The van der Waals surface area contributed by atoms with Crippen molar-refractivity contribution in [1.82, 2.24) is 14.8 Å². The van der Waals surface area contributed by atoms with Gasteiger partial charge >= 0.3 is 0 Å². The normalized spacial score (nSPS) is 26.6. The number of hydrogen-bond donors (Lipinski definition) is 1. The highest BCUT2D eigenvalue weighted by molar-refractivity contribution is 5.96. The first kappa shape index (κ1) is 18.0. The van der Waals surface area contributed by atoms with E-state index in [0.717, 1.165) is 0 Å². The van der Waals surface area contributed by atoms with Gasteiger partial charge in [0.2, 0.25) is 5.88 Å². The predicted molar refractivity (Wildman–Crippen MR) is 86.9 cm³/mol. The Labute approximate surface area is 145 Å². The van der Waals surface area contributed by atoms with Crippen LogP contribution in [0.2, 0.25) is 0 Å². The van der Waals surface area contributed by atoms with Crippen molar-refractivity contribution in [2.24, 2.45) is 0 Å². The van der Waals surface area contributed by atoms with E-state index in [1.54, 1.807) is 23.2 Å². The Bertz CT molecular complexity index is 633. The van der Waals surface area contributed by atoms with Gasteiger partial charge in [0.1, 0.15) is 5.56 Å². The molecule has 8 heteroatoms. The molecule has 2 aliphatic heterocycles. The lowest BCUT2D eigenvalue weighted by Gasteiger charge is -2.36. The smallest absolute Gasteiger partial charge is 0.259 e. The number of rotatable bonds is 4. The third-order valence-electron chi connectivity index (χ3n) is 4.92. The van der Waals surface area contributed by atoms with Crippen molar-refractivity contribution in [2.75, 3.05) is 39.8 Å². The second-order valence-electron chi connectivity index (χ2n) is 6.89. The van der Waals surface area contributed by atoms with Gasteiger partial charge in [0.05, 0.1) is 19.3 Å². The number of aliphatic hydroxyl groups is 1. The van der Waals surface area contributed by atoms with Gasteiger partial charge in [0.25, 0.3) is 11.8 Å². The van der Waals surface area contributed by atoms with Gasteiger partial charge < -0.3 is 14.7 Å². The molecule has 1 aromatic heterocycles. The lowest BCUT2D eigenvalue weighted by molar-refractivity contribution is -0.0720. The van der Waals surface area contributed by atoms with Gasteiger partial charge in [0, 0.05) is 45.2 Å². The molecule has 25 heavy (non-hydrogen) atoms. The second-order valence-corrected chi connectivity index (χ2v) is 6.89. The third-order valence-corrected chi connectivity index (χ3v) is 4.92. The highest BCUT2D eigenvalue weighted by Gasteiger charge is 2.42. The van der Waals surface area contributed by atoms with Crippen molar-refractivity contribution in [2.45, 2.75) is 30.8 Å². The largest absolute Gasteiger partial charge is 0.480 e. The minimum Gasteiger partial charge on any atom is -0.480 e. The van der Waals surface area contributed by atoms with Crippen LogP contribution in [0.5, 0.6) is 5.88 Å². The first-order valence-electron chi connectivity index (χ1n) is 8.43. The molecule has 0 unspecified atom stereocenters. The van der Waals surface area contributed by atoms with Crippen LogP contribution in [-0.4, -0.2) is 77.2 Å². The Morgan fingerprint density at radius 1 is 1.32 bits per heavy atom. The lowest BCUT2D eigenvalue weighted by Crippen LogP contribution is -2.49. The van der Waals surface area contributed by atoms with Gasteiger partial charge in [-0.15, -0.1) is 0 Å². The van der Waals surface area contributed by atoms with Gasteiger partial charge in [0.15, 0.2) is 0 Å². The maximum atomic E-state index is 13.3. The van der Waals surface area contributed by atoms with Crippen molar-refractivity contribution < 1.29 is 23.4 Å². The van der Waals surface area contributed by atoms with Crippen LogP contribution in [0.15, 0.2) is 18.3 Å². The molecule has 1 N–H and O–H groups in total. The summed E-state index contributed by atoms with van der Waals surface area (Å²) in [6.45, 7) is 1.42. The third kappa shape index (κ3) is 4.07. The number of halogens is 2. The number of amides is 1.